The first kappa shape index (κ1) is 10.1. The van der Waals surface area contributed by atoms with E-state index < -0.39 is 0 Å². The molecule has 0 aromatic heterocycles. The summed E-state index contributed by atoms with van der Waals surface area (Å²) in [5, 5.41) is 2.65. The highest BCUT2D eigenvalue weighted by Gasteiger charge is 2.22. The standard InChI is InChI=1S/C11H12FNO2/c1-7-2-3-9(12)8(4-7)10-5-13-11(14)6-15-10/h2-4,10H,5-6H2,1H3,(H,13,14). The summed E-state index contributed by atoms with van der Waals surface area (Å²) in [7, 11) is 0. The molecule has 1 atom stereocenters. The fourth-order valence-electron chi connectivity index (χ4n) is 1.60. The van der Waals surface area contributed by atoms with Crippen molar-refractivity contribution < 1.29 is 13.9 Å². The summed E-state index contributed by atoms with van der Waals surface area (Å²) < 4.78 is 18.7. The van der Waals surface area contributed by atoms with E-state index in [9.17, 15) is 9.18 Å². The average molecular weight is 209 g/mol. The molecule has 0 radical (unpaired) electrons. The van der Waals surface area contributed by atoms with Gasteiger partial charge in [0.05, 0.1) is 0 Å². The predicted molar refractivity (Wildman–Crippen MR) is 52.8 cm³/mol. The number of carbonyl (C=O) groups excluding carboxylic acids is 1. The highest BCUT2D eigenvalue weighted by Crippen LogP contribution is 2.22. The molecule has 0 saturated carbocycles. The monoisotopic (exact) mass is 209 g/mol. The molecule has 1 aromatic rings. The van der Waals surface area contributed by atoms with Gasteiger partial charge in [-0.2, -0.15) is 0 Å². The molecule has 0 bridgehead atoms. The van der Waals surface area contributed by atoms with Crippen molar-refractivity contribution in [3.8, 4) is 0 Å². The van der Waals surface area contributed by atoms with Gasteiger partial charge in [-0.05, 0) is 13.0 Å². The molecule has 1 unspecified atom stereocenters. The molecule has 1 heterocycles. The number of hydrogen-bond donors (Lipinski definition) is 1. The number of carbonyl (C=O) groups is 1. The fourth-order valence-corrected chi connectivity index (χ4v) is 1.60. The van der Waals surface area contributed by atoms with E-state index in [1.807, 2.05) is 6.92 Å². The Morgan fingerprint density at radius 3 is 3.00 bits per heavy atom. The van der Waals surface area contributed by atoms with Crippen LogP contribution in [-0.4, -0.2) is 19.1 Å². The molecule has 2 rings (SSSR count). The van der Waals surface area contributed by atoms with E-state index in [1.165, 1.54) is 6.07 Å². The smallest absolute Gasteiger partial charge is 0.246 e. The molecule has 1 aliphatic heterocycles. The number of rotatable bonds is 1. The largest absolute Gasteiger partial charge is 0.362 e. The minimum absolute atomic E-state index is 0.00194. The second-order valence-corrected chi connectivity index (χ2v) is 3.63. The van der Waals surface area contributed by atoms with Crippen LogP contribution in [0.3, 0.4) is 0 Å². The molecule has 0 spiro atoms. The van der Waals surface area contributed by atoms with E-state index in [4.69, 9.17) is 4.74 Å². The first-order chi connectivity index (χ1) is 7.16. The molecule has 4 heteroatoms. The number of nitrogens with one attached hydrogen (secondary N) is 1. The van der Waals surface area contributed by atoms with Crippen molar-refractivity contribution in [2.75, 3.05) is 13.2 Å². The van der Waals surface area contributed by atoms with Crippen LogP contribution in [0.5, 0.6) is 0 Å². The van der Waals surface area contributed by atoms with Gasteiger partial charge in [0.25, 0.3) is 0 Å². The summed E-state index contributed by atoms with van der Waals surface area (Å²) in [5.74, 6) is -0.443. The van der Waals surface area contributed by atoms with Crippen molar-refractivity contribution in [3.05, 3.63) is 35.1 Å². The quantitative estimate of drug-likeness (QED) is 0.757. The van der Waals surface area contributed by atoms with Gasteiger partial charge in [0.15, 0.2) is 0 Å². The molecule has 3 nitrogen and oxygen atoms in total. The highest BCUT2D eigenvalue weighted by atomic mass is 19.1. The lowest BCUT2D eigenvalue weighted by atomic mass is 10.1. The molecule has 1 saturated heterocycles. The molecule has 1 aromatic carbocycles. The van der Waals surface area contributed by atoms with Gasteiger partial charge >= 0.3 is 0 Å². The number of halogens is 1. The van der Waals surface area contributed by atoms with E-state index in [0.29, 0.717) is 12.1 Å². The highest BCUT2D eigenvalue weighted by molar-refractivity contribution is 5.77. The van der Waals surface area contributed by atoms with Gasteiger partial charge < -0.3 is 10.1 Å². The molecule has 1 N–H and O–H groups in total. The average Bonchev–Trinajstić information content (AvgIpc) is 2.23. The minimum atomic E-state index is -0.373. The Hall–Kier alpha value is -1.42. The normalized spacial score (nSPS) is 21.2. The molecule has 1 fully saturated rings. The number of amides is 1. The van der Waals surface area contributed by atoms with E-state index >= 15 is 0 Å². The van der Waals surface area contributed by atoms with Crippen LogP contribution in [-0.2, 0) is 9.53 Å². The third-order valence-electron chi connectivity index (χ3n) is 2.40. The van der Waals surface area contributed by atoms with E-state index in [-0.39, 0.29) is 24.4 Å². The van der Waals surface area contributed by atoms with Gasteiger partial charge in [-0.3, -0.25) is 4.79 Å². The first-order valence-electron chi connectivity index (χ1n) is 4.81. The fraction of sp³-hybridized carbons (Fsp3) is 0.364. The van der Waals surface area contributed by atoms with Crippen LogP contribution in [0, 0.1) is 12.7 Å². The summed E-state index contributed by atoms with van der Waals surface area (Å²) in [5.41, 5.74) is 1.49. The molecule has 80 valence electrons. The van der Waals surface area contributed by atoms with Gasteiger partial charge in [-0.15, -0.1) is 0 Å². The second kappa shape index (κ2) is 3.98. The summed E-state index contributed by atoms with van der Waals surface area (Å²) in [4.78, 5) is 10.9. The number of aryl methyl sites for hydroxylation is 1. The van der Waals surface area contributed by atoms with Crippen molar-refractivity contribution in [2.24, 2.45) is 0 Å². The Balaban J connectivity index is 2.21. The van der Waals surface area contributed by atoms with Crippen LogP contribution in [0.25, 0.3) is 0 Å². The number of morpholine rings is 1. The summed E-state index contributed by atoms with van der Waals surface area (Å²) in [6, 6.07) is 4.88. The van der Waals surface area contributed by atoms with Crippen molar-refractivity contribution in [1.29, 1.82) is 0 Å². The van der Waals surface area contributed by atoms with Gasteiger partial charge in [0, 0.05) is 12.1 Å². The lowest BCUT2D eigenvalue weighted by molar-refractivity contribution is -0.133. The van der Waals surface area contributed by atoms with Crippen LogP contribution in [0.2, 0.25) is 0 Å². The van der Waals surface area contributed by atoms with Crippen molar-refractivity contribution in [2.45, 2.75) is 13.0 Å². The Kier molecular flexibility index (Phi) is 2.68. The maximum atomic E-state index is 13.5. The Morgan fingerprint density at radius 1 is 1.53 bits per heavy atom. The van der Waals surface area contributed by atoms with Gasteiger partial charge in [0.1, 0.15) is 18.5 Å². The predicted octanol–water partition coefficient (Wildman–Crippen LogP) is 1.32. The minimum Gasteiger partial charge on any atom is -0.362 e. The van der Waals surface area contributed by atoms with Crippen molar-refractivity contribution >= 4 is 5.91 Å². The zero-order valence-electron chi connectivity index (χ0n) is 8.42. The summed E-state index contributed by atoms with van der Waals surface area (Å²) >= 11 is 0. The molecule has 0 aliphatic carbocycles. The van der Waals surface area contributed by atoms with Crippen LogP contribution in [0.15, 0.2) is 18.2 Å². The summed E-state index contributed by atoms with van der Waals surface area (Å²) in [6.45, 7) is 2.22. The molecule has 15 heavy (non-hydrogen) atoms. The lowest BCUT2D eigenvalue weighted by Gasteiger charge is -2.24. The van der Waals surface area contributed by atoms with E-state index in [2.05, 4.69) is 5.32 Å². The lowest BCUT2D eigenvalue weighted by Crippen LogP contribution is -2.39. The van der Waals surface area contributed by atoms with Gasteiger partial charge in [-0.25, -0.2) is 4.39 Å². The maximum absolute atomic E-state index is 13.5. The van der Waals surface area contributed by atoms with Crippen LogP contribution in [0.4, 0.5) is 4.39 Å². The number of benzene rings is 1. The number of ether oxygens (including phenoxy) is 1. The molecule has 1 amide bonds. The second-order valence-electron chi connectivity index (χ2n) is 3.63. The Morgan fingerprint density at radius 2 is 2.33 bits per heavy atom. The topological polar surface area (TPSA) is 38.3 Å². The van der Waals surface area contributed by atoms with Crippen molar-refractivity contribution in [1.82, 2.24) is 5.32 Å². The van der Waals surface area contributed by atoms with Crippen LogP contribution < -0.4 is 5.32 Å². The first-order valence-corrected chi connectivity index (χ1v) is 4.81. The third-order valence-corrected chi connectivity index (χ3v) is 2.40. The molecular formula is C11H12FNO2. The zero-order valence-corrected chi connectivity index (χ0v) is 8.42. The van der Waals surface area contributed by atoms with Gasteiger partial charge in [-0.1, -0.05) is 17.7 Å². The van der Waals surface area contributed by atoms with E-state index in [0.717, 1.165) is 5.56 Å². The SMILES string of the molecule is Cc1ccc(F)c(C2CNC(=O)CO2)c1. The maximum Gasteiger partial charge on any atom is 0.246 e. The molecular weight excluding hydrogens is 197 g/mol. The zero-order chi connectivity index (χ0) is 10.8. The number of hydrogen-bond acceptors (Lipinski definition) is 2. The Labute approximate surface area is 87.2 Å². The Bertz CT molecular complexity index is 382. The van der Waals surface area contributed by atoms with Crippen molar-refractivity contribution in [3.63, 3.8) is 0 Å². The summed E-state index contributed by atoms with van der Waals surface area (Å²) in [6.07, 6.45) is -0.373. The van der Waals surface area contributed by atoms with Gasteiger partial charge in [0.2, 0.25) is 5.91 Å². The van der Waals surface area contributed by atoms with Crippen LogP contribution in [0.1, 0.15) is 17.2 Å². The molecule has 1 aliphatic rings. The van der Waals surface area contributed by atoms with E-state index in [1.54, 1.807) is 12.1 Å². The third kappa shape index (κ3) is 2.15. The van der Waals surface area contributed by atoms with Crippen LogP contribution >= 0.6 is 0 Å².